The van der Waals surface area contributed by atoms with Crippen molar-refractivity contribution in [2.45, 2.75) is 9.79 Å². The lowest BCUT2D eigenvalue weighted by Gasteiger charge is -2.04. The van der Waals surface area contributed by atoms with Crippen molar-refractivity contribution >= 4 is 29.6 Å². The van der Waals surface area contributed by atoms with Gasteiger partial charge in [0.15, 0.2) is 9.84 Å². The molecule has 5 nitrogen and oxygen atoms in total. The van der Waals surface area contributed by atoms with Gasteiger partial charge in [0.1, 0.15) is 11.0 Å². The highest BCUT2D eigenvalue weighted by atomic mass is 35.7. The minimum absolute atomic E-state index is 0.350. The van der Waals surface area contributed by atoms with Gasteiger partial charge < -0.3 is 0 Å². The fraction of sp³-hybridized carbons (Fsp3) is 0.125. The summed E-state index contributed by atoms with van der Waals surface area (Å²) in [6.45, 7) is 0. The second kappa shape index (κ2) is 4.05. The van der Waals surface area contributed by atoms with Crippen LogP contribution >= 0.6 is 10.7 Å². The van der Waals surface area contributed by atoms with Crippen LogP contribution in [0.5, 0.6) is 0 Å². The topological polar surface area (TPSA) is 92.1 Å². The van der Waals surface area contributed by atoms with E-state index in [1.165, 1.54) is 12.1 Å². The van der Waals surface area contributed by atoms with E-state index in [0.717, 1.165) is 18.4 Å². The molecule has 86 valence electrons. The molecule has 1 rings (SSSR count). The molecule has 0 bridgehead atoms. The molecule has 16 heavy (non-hydrogen) atoms. The number of halogens is 1. The van der Waals surface area contributed by atoms with Crippen LogP contribution in [0.4, 0.5) is 0 Å². The molecule has 0 aliphatic carbocycles. The summed E-state index contributed by atoms with van der Waals surface area (Å²) < 4.78 is 44.8. The van der Waals surface area contributed by atoms with Crippen LogP contribution in [0.1, 0.15) is 5.56 Å². The van der Waals surface area contributed by atoms with Gasteiger partial charge in [-0.3, -0.25) is 0 Å². The van der Waals surface area contributed by atoms with Crippen molar-refractivity contribution in [3.8, 4) is 6.07 Å². The first-order chi connectivity index (χ1) is 7.18. The van der Waals surface area contributed by atoms with E-state index < -0.39 is 29.3 Å². The Bertz CT molecular complexity index is 620. The Morgan fingerprint density at radius 2 is 1.69 bits per heavy atom. The fourth-order valence-electron chi connectivity index (χ4n) is 1.13. The summed E-state index contributed by atoms with van der Waals surface area (Å²) in [5.41, 5.74) is -0.458. The van der Waals surface area contributed by atoms with Gasteiger partial charge in [-0.25, -0.2) is 16.8 Å². The first-order valence-corrected chi connectivity index (χ1v) is 8.06. The van der Waals surface area contributed by atoms with Crippen molar-refractivity contribution in [3.63, 3.8) is 0 Å². The Morgan fingerprint density at radius 1 is 1.19 bits per heavy atom. The van der Waals surface area contributed by atoms with Gasteiger partial charge in [-0.1, -0.05) is 6.07 Å². The minimum atomic E-state index is -4.14. The lowest BCUT2D eigenvalue weighted by molar-refractivity contribution is 0.601. The molecule has 0 radical (unpaired) electrons. The Labute approximate surface area is 97.6 Å². The van der Waals surface area contributed by atoms with Gasteiger partial charge in [-0.15, -0.1) is 0 Å². The van der Waals surface area contributed by atoms with Gasteiger partial charge in [0.25, 0.3) is 9.05 Å². The largest absolute Gasteiger partial charge is 0.262 e. The molecule has 0 aromatic heterocycles. The van der Waals surface area contributed by atoms with Crippen molar-refractivity contribution in [2.24, 2.45) is 0 Å². The summed E-state index contributed by atoms with van der Waals surface area (Å²) in [6, 6.07) is 4.98. The van der Waals surface area contributed by atoms with Gasteiger partial charge in [0, 0.05) is 16.9 Å². The first-order valence-electron chi connectivity index (χ1n) is 3.86. The minimum Gasteiger partial charge on any atom is -0.224 e. The van der Waals surface area contributed by atoms with Crippen molar-refractivity contribution in [1.82, 2.24) is 0 Å². The van der Waals surface area contributed by atoms with E-state index in [2.05, 4.69) is 0 Å². The third-order valence-corrected chi connectivity index (χ3v) is 4.27. The summed E-state index contributed by atoms with van der Waals surface area (Å²) in [4.78, 5) is -0.851. The molecule has 0 amide bonds. The van der Waals surface area contributed by atoms with Crippen LogP contribution in [0.25, 0.3) is 0 Å². The Kier molecular flexibility index (Phi) is 3.28. The maximum atomic E-state index is 11.3. The molecule has 8 heteroatoms. The highest BCUT2D eigenvalue weighted by molar-refractivity contribution is 8.13. The number of nitriles is 1. The number of benzene rings is 1. The molecule has 0 spiro atoms. The molecule has 0 saturated heterocycles. The van der Waals surface area contributed by atoms with E-state index in [9.17, 15) is 16.8 Å². The highest BCUT2D eigenvalue weighted by Crippen LogP contribution is 2.25. The maximum absolute atomic E-state index is 11.3. The smallest absolute Gasteiger partial charge is 0.224 e. The summed E-state index contributed by atoms with van der Waals surface area (Å²) >= 11 is 0. The molecule has 0 unspecified atom stereocenters. The quantitative estimate of drug-likeness (QED) is 0.750. The van der Waals surface area contributed by atoms with Gasteiger partial charge in [-0.05, 0) is 12.1 Å². The van der Waals surface area contributed by atoms with Crippen molar-refractivity contribution in [1.29, 1.82) is 5.26 Å². The van der Waals surface area contributed by atoms with Crippen LogP contribution in [0.3, 0.4) is 0 Å². The SMILES string of the molecule is CS(=O)(=O)c1cccc(S(=O)(=O)Cl)c1C#N. The average molecular weight is 280 g/mol. The molecule has 0 fully saturated rings. The summed E-state index contributed by atoms with van der Waals surface area (Å²) in [7, 11) is -2.73. The van der Waals surface area contributed by atoms with E-state index in [1.54, 1.807) is 0 Å². The number of hydrogen-bond acceptors (Lipinski definition) is 5. The van der Waals surface area contributed by atoms with Crippen LogP contribution in [0.15, 0.2) is 28.0 Å². The molecule has 0 N–H and O–H groups in total. The monoisotopic (exact) mass is 279 g/mol. The third kappa shape index (κ3) is 2.52. The summed E-state index contributed by atoms with van der Waals surface area (Å²) in [6.07, 6.45) is 0.883. The zero-order valence-electron chi connectivity index (χ0n) is 8.01. The van der Waals surface area contributed by atoms with E-state index in [0.29, 0.717) is 0 Å². The summed E-state index contributed by atoms with van der Waals surface area (Å²) in [5, 5.41) is 8.79. The number of hydrogen-bond donors (Lipinski definition) is 0. The first kappa shape index (κ1) is 13.0. The molecular formula is C8H6ClNO4S2. The molecular weight excluding hydrogens is 274 g/mol. The van der Waals surface area contributed by atoms with E-state index >= 15 is 0 Å². The Morgan fingerprint density at radius 3 is 2.06 bits per heavy atom. The average Bonchev–Trinajstić information content (AvgIpc) is 2.13. The normalized spacial score (nSPS) is 12.1. The standard InChI is InChI=1S/C8H6ClNO4S2/c1-15(11,12)7-3-2-4-8(6(7)5-10)16(9,13)14/h2-4H,1H3. The highest BCUT2D eigenvalue weighted by Gasteiger charge is 2.22. The lowest BCUT2D eigenvalue weighted by atomic mass is 10.2. The van der Waals surface area contributed by atoms with E-state index in [1.807, 2.05) is 0 Å². The zero-order chi connectivity index (χ0) is 12.6. The molecule has 0 atom stereocenters. The molecule has 0 aliphatic rings. The van der Waals surface area contributed by atoms with Crippen molar-refractivity contribution < 1.29 is 16.8 Å². The van der Waals surface area contributed by atoms with Gasteiger partial charge >= 0.3 is 0 Å². The fourth-order valence-corrected chi connectivity index (χ4v) is 3.08. The predicted octanol–water partition coefficient (Wildman–Crippen LogP) is 0.889. The maximum Gasteiger partial charge on any atom is 0.262 e. The van der Waals surface area contributed by atoms with Crippen LogP contribution in [0, 0.1) is 11.3 Å². The van der Waals surface area contributed by atoms with Gasteiger partial charge in [-0.2, -0.15) is 5.26 Å². The van der Waals surface area contributed by atoms with E-state index in [4.69, 9.17) is 15.9 Å². The van der Waals surface area contributed by atoms with Crippen LogP contribution in [0.2, 0.25) is 0 Å². The molecule has 1 aromatic carbocycles. The zero-order valence-corrected chi connectivity index (χ0v) is 10.4. The lowest BCUT2D eigenvalue weighted by Crippen LogP contribution is -2.04. The van der Waals surface area contributed by atoms with Gasteiger partial charge in [0.2, 0.25) is 0 Å². The van der Waals surface area contributed by atoms with E-state index in [-0.39, 0.29) is 4.90 Å². The molecule has 1 aromatic rings. The third-order valence-electron chi connectivity index (χ3n) is 1.76. The second-order valence-corrected chi connectivity index (χ2v) is 7.47. The van der Waals surface area contributed by atoms with Crippen LogP contribution in [-0.4, -0.2) is 23.1 Å². The second-order valence-electron chi connectivity index (χ2n) is 2.95. The van der Waals surface area contributed by atoms with Crippen molar-refractivity contribution in [3.05, 3.63) is 23.8 Å². The van der Waals surface area contributed by atoms with Crippen molar-refractivity contribution in [2.75, 3.05) is 6.26 Å². The number of nitrogens with zero attached hydrogens (tertiary/aromatic N) is 1. The molecule has 0 heterocycles. The van der Waals surface area contributed by atoms with Crippen LogP contribution < -0.4 is 0 Å². The molecule has 0 aliphatic heterocycles. The van der Waals surface area contributed by atoms with Gasteiger partial charge in [0.05, 0.1) is 10.5 Å². The number of rotatable bonds is 2. The Balaban J connectivity index is 3.80. The predicted molar refractivity (Wildman–Crippen MR) is 57.3 cm³/mol. The number of sulfone groups is 1. The Hall–Kier alpha value is -1.10. The van der Waals surface area contributed by atoms with Crippen LogP contribution in [-0.2, 0) is 18.9 Å². The molecule has 0 saturated carbocycles. The summed E-state index contributed by atoms with van der Waals surface area (Å²) in [5.74, 6) is 0.